The minimum Gasteiger partial charge on any atom is -0.412 e. The van der Waals surface area contributed by atoms with Crippen molar-refractivity contribution in [3.63, 3.8) is 0 Å². The van der Waals surface area contributed by atoms with Crippen LogP contribution in [0.15, 0.2) is 45.5 Å². The van der Waals surface area contributed by atoms with E-state index in [2.05, 4.69) is 36.5 Å². The van der Waals surface area contributed by atoms with Crippen LogP contribution in [0.4, 0.5) is 0 Å². The van der Waals surface area contributed by atoms with Crippen LogP contribution < -0.4 is 0 Å². The summed E-state index contributed by atoms with van der Waals surface area (Å²) in [5, 5.41) is 0. The van der Waals surface area contributed by atoms with E-state index in [4.69, 9.17) is 0 Å². The van der Waals surface area contributed by atoms with Crippen molar-refractivity contribution in [2.45, 2.75) is 12.8 Å². The summed E-state index contributed by atoms with van der Waals surface area (Å²) in [4.78, 5) is 0. The van der Waals surface area contributed by atoms with Crippen LogP contribution in [0.1, 0.15) is 12.8 Å². The number of rotatable bonds is 2. The maximum Gasteiger partial charge on any atom is -0.412 e. The third-order valence-corrected chi connectivity index (χ3v) is 2.98. The molecule has 0 amide bonds. The molecule has 2 N–H and O–H groups in total. The van der Waals surface area contributed by atoms with Crippen LogP contribution >= 0.6 is 0 Å². The zero-order chi connectivity index (χ0) is 7.52. The zero-order valence-corrected chi connectivity index (χ0v) is 7.68. The quantitative estimate of drug-likeness (QED) is 0.619. The van der Waals surface area contributed by atoms with Gasteiger partial charge in [0.1, 0.15) is 0 Å². The summed E-state index contributed by atoms with van der Waals surface area (Å²) in [5.41, 5.74) is 0. The van der Waals surface area contributed by atoms with Gasteiger partial charge >= 0.3 is 72.8 Å². The number of allylic oxidation sites excluding steroid dienone is 8. The third kappa shape index (κ3) is 2.20. The first-order chi connectivity index (χ1) is 5.45. The van der Waals surface area contributed by atoms with Crippen molar-refractivity contribution in [3.8, 4) is 0 Å². The fourth-order valence-electron chi connectivity index (χ4n) is 1.06. The first-order valence-electron chi connectivity index (χ1n) is 3.75. The molecule has 2 heteroatoms. The first-order valence-corrected chi connectivity index (χ1v) is 4.74. The molecule has 0 atom stereocenters. The Morgan fingerprint density at radius 2 is 1.42 bits per heavy atom. The van der Waals surface area contributed by atoms with E-state index in [9.17, 15) is 0 Å². The van der Waals surface area contributed by atoms with E-state index in [1.165, 1.54) is 9.09 Å². The zero-order valence-electron chi connectivity index (χ0n) is 6.69. The maximum absolute atomic E-state index is 2.21. The van der Waals surface area contributed by atoms with E-state index in [1.807, 2.05) is 0 Å². The molecule has 2 aliphatic rings. The van der Waals surface area contributed by atoms with E-state index in [-0.39, 0.29) is 5.48 Å². The van der Waals surface area contributed by atoms with Crippen molar-refractivity contribution in [2.75, 3.05) is 0 Å². The van der Waals surface area contributed by atoms with Gasteiger partial charge in [-0.15, -0.1) is 0 Å². The molecular formula is C10H12NiO. The van der Waals surface area contributed by atoms with Crippen molar-refractivity contribution in [3.05, 3.63) is 45.5 Å². The van der Waals surface area contributed by atoms with Crippen LogP contribution in [0.5, 0.6) is 0 Å². The van der Waals surface area contributed by atoms with E-state index in [1.54, 1.807) is 14.4 Å². The molecule has 0 aliphatic heterocycles. The predicted molar refractivity (Wildman–Crippen MR) is 47.3 cm³/mol. The molecule has 2 rings (SSSR count). The number of hydrogen-bond acceptors (Lipinski definition) is 0. The van der Waals surface area contributed by atoms with E-state index >= 15 is 0 Å². The molecule has 0 bridgehead atoms. The van der Waals surface area contributed by atoms with Gasteiger partial charge in [-0.1, -0.05) is 0 Å². The van der Waals surface area contributed by atoms with Gasteiger partial charge < -0.3 is 5.48 Å². The molecule has 0 spiro atoms. The Morgan fingerprint density at radius 1 is 0.917 bits per heavy atom. The summed E-state index contributed by atoms with van der Waals surface area (Å²) >= 11 is 1.73. The maximum atomic E-state index is 2.21. The van der Waals surface area contributed by atoms with Crippen molar-refractivity contribution in [2.24, 2.45) is 0 Å². The molecule has 0 saturated carbocycles. The first kappa shape index (κ1) is 9.50. The van der Waals surface area contributed by atoms with Gasteiger partial charge in [0.25, 0.3) is 0 Å². The van der Waals surface area contributed by atoms with Crippen LogP contribution in [0.3, 0.4) is 0 Å². The van der Waals surface area contributed by atoms with Crippen molar-refractivity contribution in [1.82, 2.24) is 0 Å². The second kappa shape index (κ2) is 4.44. The smallest absolute Gasteiger partial charge is 0.412 e. The van der Waals surface area contributed by atoms with E-state index in [0.29, 0.717) is 0 Å². The van der Waals surface area contributed by atoms with Gasteiger partial charge in [0, 0.05) is 0 Å². The molecule has 0 aromatic rings. The molecule has 0 radical (unpaired) electrons. The Bertz CT molecular complexity index is 244. The minimum atomic E-state index is 0. The summed E-state index contributed by atoms with van der Waals surface area (Å²) in [6.45, 7) is 0. The standard InChI is InChI=1S/2C5H5.Ni.H2O/c2*1-2-4-5-3-1;;/h2*1-3H,4H2;;1H2. The summed E-state index contributed by atoms with van der Waals surface area (Å²) in [6.07, 6.45) is 15.4. The molecule has 0 aromatic carbocycles. The van der Waals surface area contributed by atoms with Gasteiger partial charge in [-0.3, -0.25) is 0 Å². The fraction of sp³-hybridized carbons (Fsp3) is 0.200. The van der Waals surface area contributed by atoms with Crippen LogP contribution in [0.2, 0.25) is 0 Å². The summed E-state index contributed by atoms with van der Waals surface area (Å²) in [6, 6.07) is 0. The Kier molecular flexibility index (Phi) is 3.52. The molecule has 0 heterocycles. The van der Waals surface area contributed by atoms with Gasteiger partial charge in [-0.25, -0.2) is 0 Å². The molecule has 68 valence electrons. The fourth-order valence-corrected chi connectivity index (χ4v) is 2.26. The van der Waals surface area contributed by atoms with Gasteiger partial charge in [-0.05, 0) is 0 Å². The van der Waals surface area contributed by atoms with Gasteiger partial charge in [-0.2, -0.15) is 0 Å². The SMILES string of the molecule is C1=CC[C]([Ni][C]2=CC=CC2)=C1.O. The third-order valence-electron chi connectivity index (χ3n) is 1.61. The molecular weight excluding hydrogens is 195 g/mol. The van der Waals surface area contributed by atoms with E-state index in [0.717, 1.165) is 12.8 Å². The van der Waals surface area contributed by atoms with Crippen LogP contribution in [-0.4, -0.2) is 5.48 Å². The monoisotopic (exact) mass is 206 g/mol. The Hall–Kier alpha value is -0.586. The molecule has 0 unspecified atom stereocenters. The molecule has 1 nitrogen and oxygen atoms in total. The van der Waals surface area contributed by atoms with E-state index < -0.39 is 0 Å². The van der Waals surface area contributed by atoms with Gasteiger partial charge in [0.15, 0.2) is 0 Å². The summed E-state index contributed by atoms with van der Waals surface area (Å²) < 4.78 is 2.99. The van der Waals surface area contributed by atoms with Crippen LogP contribution in [0.25, 0.3) is 0 Å². The number of hydrogen-bond donors (Lipinski definition) is 0. The Balaban J connectivity index is 0.000000720. The second-order valence-electron chi connectivity index (χ2n) is 2.49. The predicted octanol–water partition coefficient (Wildman–Crippen LogP) is 1.93. The topological polar surface area (TPSA) is 31.5 Å². The van der Waals surface area contributed by atoms with Crippen LogP contribution in [0, 0.1) is 0 Å². The van der Waals surface area contributed by atoms with Crippen molar-refractivity contribution >= 4 is 0 Å². The second-order valence-corrected chi connectivity index (χ2v) is 4.01. The molecule has 0 saturated heterocycles. The average molecular weight is 207 g/mol. The Labute approximate surface area is 78.7 Å². The molecule has 0 aromatic heterocycles. The molecule has 12 heavy (non-hydrogen) atoms. The minimum absolute atomic E-state index is 0. The molecule has 2 aliphatic carbocycles. The summed E-state index contributed by atoms with van der Waals surface area (Å²) in [7, 11) is 0. The Morgan fingerprint density at radius 3 is 1.75 bits per heavy atom. The normalized spacial score (nSPS) is 19.3. The van der Waals surface area contributed by atoms with Crippen molar-refractivity contribution < 1.29 is 19.9 Å². The van der Waals surface area contributed by atoms with Gasteiger partial charge in [0.05, 0.1) is 0 Å². The van der Waals surface area contributed by atoms with Crippen molar-refractivity contribution in [1.29, 1.82) is 0 Å². The largest absolute Gasteiger partial charge is 0.412 e. The van der Waals surface area contributed by atoms with Gasteiger partial charge in [0.2, 0.25) is 0 Å². The molecule has 0 fully saturated rings. The van der Waals surface area contributed by atoms with Crippen LogP contribution in [-0.2, 0) is 14.4 Å². The summed E-state index contributed by atoms with van der Waals surface area (Å²) in [5.74, 6) is 0. The average Bonchev–Trinajstić information content (AvgIpc) is 2.60.